The average molecular weight is 321 g/mol. The van der Waals surface area contributed by atoms with Crippen LogP contribution in [0.3, 0.4) is 0 Å². The zero-order valence-corrected chi connectivity index (χ0v) is 13.2. The number of rotatable bonds is 5. The van der Waals surface area contributed by atoms with Crippen molar-refractivity contribution < 1.29 is 0 Å². The van der Waals surface area contributed by atoms with E-state index < -0.39 is 0 Å². The van der Waals surface area contributed by atoms with Gasteiger partial charge in [-0.1, -0.05) is 44.9 Å². The molecule has 2 unspecified atom stereocenters. The molecule has 0 radical (unpaired) electrons. The van der Waals surface area contributed by atoms with Gasteiger partial charge in [0.15, 0.2) is 0 Å². The number of pyridine rings is 1. The van der Waals surface area contributed by atoms with Crippen LogP contribution in [0.5, 0.6) is 0 Å². The minimum atomic E-state index is 0.000492. The number of benzene rings is 1. The van der Waals surface area contributed by atoms with Crippen LogP contribution in [-0.2, 0) is 0 Å². The Kier molecular flexibility index (Phi) is 4.94. The summed E-state index contributed by atoms with van der Waals surface area (Å²) < 4.78 is 1.02. The first kappa shape index (κ1) is 14.5. The molecule has 102 valence electrons. The minimum absolute atomic E-state index is 0.000492. The van der Waals surface area contributed by atoms with Crippen LogP contribution in [-0.4, -0.2) is 4.98 Å². The molecule has 2 N–H and O–H groups in total. The van der Waals surface area contributed by atoms with E-state index in [1.54, 1.807) is 0 Å². The molecule has 0 saturated carbocycles. The predicted molar refractivity (Wildman–Crippen MR) is 85.1 cm³/mol. The number of fused-ring (bicyclic) bond motifs is 1. The average Bonchev–Trinajstić information content (AvgIpc) is 2.38. The summed E-state index contributed by atoms with van der Waals surface area (Å²) in [4.78, 5) is 4.72. The third kappa shape index (κ3) is 3.54. The van der Waals surface area contributed by atoms with Gasteiger partial charge in [-0.25, -0.2) is 4.98 Å². The van der Waals surface area contributed by atoms with Crippen molar-refractivity contribution in [2.24, 2.45) is 11.7 Å². The number of aromatic nitrogens is 1. The van der Waals surface area contributed by atoms with Crippen LogP contribution in [0.2, 0.25) is 0 Å². The van der Waals surface area contributed by atoms with E-state index in [1.165, 1.54) is 12.8 Å². The van der Waals surface area contributed by atoms with E-state index >= 15 is 0 Å². The molecular formula is C16H21BrN2. The Bertz CT molecular complexity index is 553. The van der Waals surface area contributed by atoms with E-state index in [0.29, 0.717) is 5.92 Å². The van der Waals surface area contributed by atoms with Crippen LogP contribution in [0, 0.1) is 5.92 Å². The van der Waals surface area contributed by atoms with Crippen molar-refractivity contribution in [1.82, 2.24) is 4.98 Å². The molecule has 0 aliphatic rings. The summed E-state index contributed by atoms with van der Waals surface area (Å²) in [6.45, 7) is 4.48. The Labute approximate surface area is 123 Å². The van der Waals surface area contributed by atoms with Crippen molar-refractivity contribution in [2.75, 3.05) is 0 Å². The molecule has 0 bridgehead atoms. The molecule has 3 heteroatoms. The number of hydrogen-bond acceptors (Lipinski definition) is 2. The number of halogens is 1. The lowest BCUT2D eigenvalue weighted by atomic mass is 9.95. The van der Waals surface area contributed by atoms with Crippen molar-refractivity contribution in [3.8, 4) is 0 Å². The Balaban J connectivity index is 2.26. The Morgan fingerprint density at radius 2 is 2.05 bits per heavy atom. The summed E-state index contributed by atoms with van der Waals surface area (Å²) in [7, 11) is 0. The van der Waals surface area contributed by atoms with E-state index in [0.717, 1.165) is 27.5 Å². The van der Waals surface area contributed by atoms with Crippen LogP contribution in [0.4, 0.5) is 0 Å². The van der Waals surface area contributed by atoms with Crippen molar-refractivity contribution in [3.05, 3.63) is 40.5 Å². The predicted octanol–water partition coefficient (Wildman–Crippen LogP) is 4.82. The lowest BCUT2D eigenvalue weighted by Crippen LogP contribution is -2.16. The number of nitrogens with two attached hydrogens (primary N) is 1. The second-order valence-electron chi connectivity index (χ2n) is 5.28. The fourth-order valence-corrected chi connectivity index (χ4v) is 3.15. The topological polar surface area (TPSA) is 38.9 Å². The Hall–Kier alpha value is -0.930. The highest BCUT2D eigenvalue weighted by atomic mass is 79.9. The molecule has 0 amide bonds. The highest BCUT2D eigenvalue weighted by Crippen LogP contribution is 2.28. The normalized spacial score (nSPS) is 14.5. The molecule has 0 fully saturated rings. The summed E-state index contributed by atoms with van der Waals surface area (Å²) in [6.07, 6.45) is 3.41. The summed E-state index contributed by atoms with van der Waals surface area (Å²) >= 11 is 3.60. The van der Waals surface area contributed by atoms with Crippen LogP contribution in [0.15, 0.2) is 34.8 Å². The molecule has 0 aliphatic carbocycles. The van der Waals surface area contributed by atoms with Crippen LogP contribution < -0.4 is 5.73 Å². The fraction of sp³-hybridized carbons (Fsp3) is 0.438. The van der Waals surface area contributed by atoms with Crippen LogP contribution in [0.1, 0.15) is 44.8 Å². The third-order valence-corrected chi connectivity index (χ3v) is 4.13. The molecule has 1 heterocycles. The maximum absolute atomic E-state index is 6.33. The maximum atomic E-state index is 6.33. The highest BCUT2D eigenvalue weighted by molar-refractivity contribution is 9.10. The molecule has 2 nitrogen and oxygen atoms in total. The summed E-state index contributed by atoms with van der Waals surface area (Å²) in [5.41, 5.74) is 8.31. The largest absolute Gasteiger partial charge is 0.323 e. The van der Waals surface area contributed by atoms with Crippen molar-refractivity contribution >= 4 is 26.8 Å². The molecule has 2 aromatic rings. The number of hydrogen-bond donors (Lipinski definition) is 1. The standard InChI is InChI=1S/C16H21BrN2/c1-3-6-11(2)9-14(18)16-13(17)10-12-7-4-5-8-15(12)19-16/h4-5,7-8,10-11,14H,3,6,9,18H2,1-2H3. The first-order valence-corrected chi connectivity index (χ1v) is 7.72. The SMILES string of the molecule is CCCC(C)CC(N)c1nc2ccccc2cc1Br. The van der Waals surface area contributed by atoms with Gasteiger partial charge in [0.25, 0.3) is 0 Å². The van der Waals surface area contributed by atoms with E-state index in [2.05, 4.69) is 41.9 Å². The van der Waals surface area contributed by atoms with E-state index in [1.807, 2.05) is 18.2 Å². The maximum Gasteiger partial charge on any atom is 0.0720 e. The molecule has 0 aliphatic heterocycles. The Morgan fingerprint density at radius 1 is 1.32 bits per heavy atom. The van der Waals surface area contributed by atoms with Crippen LogP contribution in [0.25, 0.3) is 10.9 Å². The van der Waals surface area contributed by atoms with E-state index in [4.69, 9.17) is 10.7 Å². The molecular weight excluding hydrogens is 300 g/mol. The van der Waals surface area contributed by atoms with Gasteiger partial charge in [-0.3, -0.25) is 0 Å². The van der Waals surface area contributed by atoms with Crippen molar-refractivity contribution in [2.45, 2.75) is 39.2 Å². The van der Waals surface area contributed by atoms with Gasteiger partial charge in [0.1, 0.15) is 0 Å². The summed E-state index contributed by atoms with van der Waals surface area (Å²) in [6, 6.07) is 10.3. The molecule has 0 saturated heterocycles. The fourth-order valence-electron chi connectivity index (χ4n) is 2.52. The van der Waals surface area contributed by atoms with Gasteiger partial charge in [-0.15, -0.1) is 0 Å². The molecule has 2 rings (SSSR count). The van der Waals surface area contributed by atoms with Gasteiger partial charge in [0, 0.05) is 15.9 Å². The third-order valence-electron chi connectivity index (χ3n) is 3.49. The summed E-state index contributed by atoms with van der Waals surface area (Å²) in [5.74, 6) is 0.639. The number of para-hydroxylation sites is 1. The lowest BCUT2D eigenvalue weighted by molar-refractivity contribution is 0.436. The van der Waals surface area contributed by atoms with Gasteiger partial charge >= 0.3 is 0 Å². The van der Waals surface area contributed by atoms with Gasteiger partial charge in [-0.2, -0.15) is 0 Å². The zero-order valence-electron chi connectivity index (χ0n) is 11.6. The molecule has 19 heavy (non-hydrogen) atoms. The quantitative estimate of drug-likeness (QED) is 0.857. The summed E-state index contributed by atoms with van der Waals surface area (Å²) in [5, 5.41) is 1.15. The molecule has 1 aromatic carbocycles. The van der Waals surface area contributed by atoms with Gasteiger partial charge < -0.3 is 5.73 Å². The van der Waals surface area contributed by atoms with Gasteiger partial charge in [0.2, 0.25) is 0 Å². The monoisotopic (exact) mass is 320 g/mol. The van der Waals surface area contributed by atoms with Crippen molar-refractivity contribution in [1.29, 1.82) is 0 Å². The minimum Gasteiger partial charge on any atom is -0.323 e. The van der Waals surface area contributed by atoms with Crippen molar-refractivity contribution in [3.63, 3.8) is 0 Å². The van der Waals surface area contributed by atoms with Crippen LogP contribution >= 0.6 is 15.9 Å². The van der Waals surface area contributed by atoms with Gasteiger partial charge in [0.05, 0.1) is 11.2 Å². The molecule has 2 atom stereocenters. The second kappa shape index (κ2) is 6.49. The van der Waals surface area contributed by atoms with Gasteiger partial charge in [-0.05, 0) is 40.4 Å². The molecule has 1 aromatic heterocycles. The zero-order chi connectivity index (χ0) is 13.8. The van der Waals surface area contributed by atoms with E-state index in [9.17, 15) is 0 Å². The Morgan fingerprint density at radius 3 is 2.79 bits per heavy atom. The molecule has 0 spiro atoms. The highest BCUT2D eigenvalue weighted by Gasteiger charge is 2.15. The first-order valence-electron chi connectivity index (χ1n) is 6.92. The second-order valence-corrected chi connectivity index (χ2v) is 6.14. The van der Waals surface area contributed by atoms with E-state index in [-0.39, 0.29) is 6.04 Å². The smallest absolute Gasteiger partial charge is 0.0720 e. The lowest BCUT2D eigenvalue weighted by Gasteiger charge is -2.18. The first-order chi connectivity index (χ1) is 9.11. The number of nitrogens with zero attached hydrogens (tertiary/aromatic N) is 1.